The van der Waals surface area contributed by atoms with Crippen LogP contribution in [0.25, 0.3) is 22.4 Å². The Morgan fingerprint density at radius 2 is 1.86 bits per heavy atom. The number of rotatable bonds is 9. The number of hydrogen-bond acceptors (Lipinski definition) is 6. The molecule has 0 saturated carbocycles. The molecular weight excluding hydrogens is 348 g/mol. The van der Waals surface area contributed by atoms with Crippen LogP contribution in [0.5, 0.6) is 0 Å². The molecule has 148 valence electrons. The third-order valence-corrected chi connectivity index (χ3v) is 5.01. The van der Waals surface area contributed by atoms with Crippen LogP contribution in [0.1, 0.15) is 33.6 Å². The van der Waals surface area contributed by atoms with Crippen molar-refractivity contribution in [2.45, 2.75) is 39.7 Å². The Morgan fingerprint density at radius 3 is 2.57 bits per heavy atom. The number of anilines is 2. The average molecular weight is 379 g/mol. The lowest BCUT2D eigenvalue weighted by Crippen LogP contribution is -2.25. The number of hydrogen-bond donors (Lipinski definition) is 2. The highest BCUT2D eigenvalue weighted by molar-refractivity contribution is 5.88. The van der Waals surface area contributed by atoms with Crippen molar-refractivity contribution in [3.63, 3.8) is 0 Å². The third kappa shape index (κ3) is 4.95. The second kappa shape index (κ2) is 9.46. The minimum Gasteiger partial charge on any atom is -0.384 e. The van der Waals surface area contributed by atoms with Gasteiger partial charge in [0.1, 0.15) is 11.3 Å². The standard InChI is InChI=1S/C22H30N6/c1-4-28(5-2)13-9-10-16(3)25-18-14-20(23)27-22-21(18)26-19(15-24-22)17-11-7-6-8-12-17/h6-8,11-12,14-16H,4-5,9-10,13H2,1-3H3,(H3,23,24,25,27). The average Bonchev–Trinajstić information content (AvgIpc) is 2.71. The summed E-state index contributed by atoms with van der Waals surface area (Å²) in [4.78, 5) is 16.1. The molecule has 0 aliphatic rings. The van der Waals surface area contributed by atoms with Gasteiger partial charge in [-0.3, -0.25) is 0 Å². The van der Waals surface area contributed by atoms with Crippen LogP contribution in [-0.4, -0.2) is 45.5 Å². The zero-order valence-corrected chi connectivity index (χ0v) is 17.0. The van der Waals surface area contributed by atoms with E-state index >= 15 is 0 Å². The van der Waals surface area contributed by atoms with Crippen LogP contribution in [0, 0.1) is 0 Å². The second-order valence-electron chi connectivity index (χ2n) is 7.10. The van der Waals surface area contributed by atoms with Gasteiger partial charge in [-0.05, 0) is 39.4 Å². The van der Waals surface area contributed by atoms with Gasteiger partial charge in [-0.25, -0.2) is 15.0 Å². The van der Waals surface area contributed by atoms with E-state index in [4.69, 9.17) is 10.7 Å². The molecule has 3 N–H and O–H groups in total. The van der Waals surface area contributed by atoms with Crippen LogP contribution in [0.15, 0.2) is 42.6 Å². The summed E-state index contributed by atoms with van der Waals surface area (Å²) in [5.74, 6) is 0.451. The number of nitrogens with zero attached hydrogens (tertiary/aromatic N) is 4. The second-order valence-corrected chi connectivity index (χ2v) is 7.10. The molecular formula is C22H30N6. The fourth-order valence-corrected chi connectivity index (χ4v) is 3.37. The lowest BCUT2D eigenvalue weighted by atomic mass is 10.1. The number of aromatic nitrogens is 3. The van der Waals surface area contributed by atoms with E-state index in [1.54, 1.807) is 6.20 Å². The van der Waals surface area contributed by atoms with Gasteiger partial charge < -0.3 is 16.0 Å². The Balaban J connectivity index is 1.79. The minimum atomic E-state index is 0.308. The fourth-order valence-electron chi connectivity index (χ4n) is 3.37. The van der Waals surface area contributed by atoms with E-state index in [-0.39, 0.29) is 0 Å². The van der Waals surface area contributed by atoms with E-state index in [0.29, 0.717) is 17.5 Å². The Kier molecular flexibility index (Phi) is 6.76. The molecule has 3 aromatic rings. The molecule has 1 unspecified atom stereocenters. The zero-order valence-electron chi connectivity index (χ0n) is 17.0. The largest absolute Gasteiger partial charge is 0.384 e. The van der Waals surface area contributed by atoms with Gasteiger partial charge >= 0.3 is 0 Å². The highest BCUT2D eigenvalue weighted by Crippen LogP contribution is 2.25. The molecule has 2 heterocycles. The van der Waals surface area contributed by atoms with Crippen molar-refractivity contribution in [1.82, 2.24) is 19.9 Å². The van der Waals surface area contributed by atoms with Crippen molar-refractivity contribution in [2.75, 3.05) is 30.7 Å². The first-order chi connectivity index (χ1) is 13.6. The van der Waals surface area contributed by atoms with E-state index in [0.717, 1.165) is 54.9 Å². The number of nitrogens with one attached hydrogen (secondary N) is 1. The van der Waals surface area contributed by atoms with Gasteiger partial charge in [-0.1, -0.05) is 44.2 Å². The zero-order chi connectivity index (χ0) is 19.9. The minimum absolute atomic E-state index is 0.308. The molecule has 3 rings (SSSR count). The van der Waals surface area contributed by atoms with Crippen LogP contribution in [0.2, 0.25) is 0 Å². The number of nitrogen functional groups attached to an aromatic ring is 1. The van der Waals surface area contributed by atoms with Gasteiger partial charge in [0.25, 0.3) is 0 Å². The molecule has 6 nitrogen and oxygen atoms in total. The van der Waals surface area contributed by atoms with E-state index in [1.807, 2.05) is 36.4 Å². The topological polar surface area (TPSA) is 80.0 Å². The first-order valence-electron chi connectivity index (χ1n) is 10.1. The molecule has 0 aliphatic heterocycles. The van der Waals surface area contributed by atoms with Gasteiger partial charge in [0, 0.05) is 17.7 Å². The van der Waals surface area contributed by atoms with Crippen molar-refractivity contribution in [3.05, 3.63) is 42.6 Å². The Morgan fingerprint density at radius 1 is 1.11 bits per heavy atom. The van der Waals surface area contributed by atoms with Gasteiger partial charge in [0.15, 0.2) is 5.65 Å². The summed E-state index contributed by atoms with van der Waals surface area (Å²) >= 11 is 0. The summed E-state index contributed by atoms with van der Waals surface area (Å²) in [6, 6.07) is 12.2. The molecule has 0 fully saturated rings. The third-order valence-electron chi connectivity index (χ3n) is 5.01. The van der Waals surface area contributed by atoms with Gasteiger partial charge in [-0.15, -0.1) is 0 Å². The monoisotopic (exact) mass is 378 g/mol. The summed E-state index contributed by atoms with van der Waals surface area (Å²) in [6.07, 6.45) is 3.97. The van der Waals surface area contributed by atoms with Crippen molar-refractivity contribution in [3.8, 4) is 11.3 Å². The highest BCUT2D eigenvalue weighted by Gasteiger charge is 2.12. The maximum absolute atomic E-state index is 6.00. The SMILES string of the molecule is CCN(CC)CCCC(C)Nc1cc(N)nc2ncc(-c3ccccc3)nc12. The maximum Gasteiger partial charge on any atom is 0.182 e. The smallest absolute Gasteiger partial charge is 0.182 e. The first-order valence-corrected chi connectivity index (χ1v) is 10.1. The van der Waals surface area contributed by atoms with Crippen molar-refractivity contribution < 1.29 is 0 Å². The van der Waals surface area contributed by atoms with Crippen LogP contribution in [0.4, 0.5) is 11.5 Å². The molecule has 0 spiro atoms. The number of pyridine rings is 1. The normalized spacial score (nSPS) is 12.4. The molecule has 6 heteroatoms. The van der Waals surface area contributed by atoms with E-state index in [2.05, 4.69) is 41.0 Å². The van der Waals surface area contributed by atoms with Crippen molar-refractivity contribution in [1.29, 1.82) is 0 Å². The quantitative estimate of drug-likeness (QED) is 0.581. The van der Waals surface area contributed by atoms with Crippen molar-refractivity contribution >= 4 is 22.7 Å². The molecule has 0 radical (unpaired) electrons. The maximum atomic E-state index is 6.00. The molecule has 1 atom stereocenters. The number of benzene rings is 1. The summed E-state index contributed by atoms with van der Waals surface area (Å²) < 4.78 is 0. The van der Waals surface area contributed by atoms with E-state index in [1.165, 1.54) is 0 Å². The fraction of sp³-hybridized carbons (Fsp3) is 0.409. The lowest BCUT2D eigenvalue weighted by Gasteiger charge is -2.20. The molecule has 0 saturated heterocycles. The number of fused-ring (bicyclic) bond motifs is 1. The van der Waals surface area contributed by atoms with Gasteiger partial charge in [0.05, 0.1) is 17.6 Å². The van der Waals surface area contributed by atoms with Gasteiger partial charge in [0.2, 0.25) is 0 Å². The predicted molar refractivity (Wildman–Crippen MR) is 117 cm³/mol. The molecule has 28 heavy (non-hydrogen) atoms. The molecule has 0 aliphatic carbocycles. The van der Waals surface area contributed by atoms with Gasteiger partial charge in [-0.2, -0.15) is 0 Å². The Bertz CT molecular complexity index is 892. The summed E-state index contributed by atoms with van der Waals surface area (Å²) in [7, 11) is 0. The van der Waals surface area contributed by atoms with E-state index in [9.17, 15) is 0 Å². The number of nitrogens with two attached hydrogens (primary N) is 1. The highest BCUT2D eigenvalue weighted by atomic mass is 15.1. The molecule has 0 amide bonds. The van der Waals surface area contributed by atoms with Crippen LogP contribution in [0.3, 0.4) is 0 Å². The summed E-state index contributed by atoms with van der Waals surface area (Å²) in [6.45, 7) is 9.93. The molecule has 2 aromatic heterocycles. The Hall–Kier alpha value is -2.73. The summed E-state index contributed by atoms with van der Waals surface area (Å²) in [5, 5.41) is 3.57. The van der Waals surface area contributed by atoms with E-state index < -0.39 is 0 Å². The Labute approximate surface area is 167 Å². The van der Waals surface area contributed by atoms with Crippen molar-refractivity contribution in [2.24, 2.45) is 0 Å². The molecule has 1 aromatic carbocycles. The molecule has 0 bridgehead atoms. The predicted octanol–water partition coefficient (Wildman–Crippen LogP) is 4.20. The van der Waals surface area contributed by atoms with Crippen LogP contribution >= 0.6 is 0 Å². The van der Waals surface area contributed by atoms with Crippen LogP contribution in [-0.2, 0) is 0 Å². The lowest BCUT2D eigenvalue weighted by molar-refractivity contribution is 0.295. The van der Waals surface area contributed by atoms with Crippen LogP contribution < -0.4 is 11.1 Å². The summed E-state index contributed by atoms with van der Waals surface area (Å²) in [5.41, 5.74) is 10.1. The first kappa shape index (κ1) is 20.0.